The van der Waals surface area contributed by atoms with Gasteiger partial charge in [0, 0.05) is 24.0 Å². The van der Waals surface area contributed by atoms with Gasteiger partial charge in [0.25, 0.3) is 5.56 Å². The first-order chi connectivity index (χ1) is 15.1. The minimum absolute atomic E-state index is 0.0639. The molecule has 2 atom stereocenters. The van der Waals surface area contributed by atoms with Crippen molar-refractivity contribution in [3.8, 4) is 0 Å². The van der Waals surface area contributed by atoms with Crippen molar-refractivity contribution in [3.63, 3.8) is 0 Å². The largest absolute Gasteiger partial charge is 0.329 e. The lowest BCUT2D eigenvalue weighted by molar-refractivity contribution is -0.120. The van der Waals surface area contributed by atoms with Crippen LogP contribution in [0.5, 0.6) is 0 Å². The number of carbonyl (C=O) groups excluding carboxylic acids is 2. The zero-order chi connectivity index (χ0) is 23.1. The van der Waals surface area contributed by atoms with Gasteiger partial charge in [-0.2, -0.15) is 0 Å². The molecule has 1 fully saturated rings. The quantitative estimate of drug-likeness (QED) is 0.578. The second kappa shape index (κ2) is 8.20. The number of hydrogen-bond donors (Lipinski definition) is 4. The van der Waals surface area contributed by atoms with Gasteiger partial charge in [-0.05, 0) is 47.9 Å². The highest BCUT2D eigenvalue weighted by Crippen LogP contribution is 2.44. The van der Waals surface area contributed by atoms with Gasteiger partial charge in [0.2, 0.25) is 11.8 Å². The molecule has 0 saturated carbocycles. The number of aromatic nitrogens is 1. The van der Waals surface area contributed by atoms with E-state index in [4.69, 9.17) is 0 Å². The number of amides is 2. The van der Waals surface area contributed by atoms with Crippen molar-refractivity contribution in [1.82, 2.24) is 10.3 Å². The third kappa shape index (κ3) is 4.09. The Bertz CT molecular complexity index is 1110. The van der Waals surface area contributed by atoms with Crippen LogP contribution in [0.4, 0.5) is 11.4 Å². The molecule has 3 heterocycles. The summed E-state index contributed by atoms with van der Waals surface area (Å²) in [5.74, 6) is -0.289. The Hall–Kier alpha value is -2.93. The number of fused-ring (bicyclic) bond motifs is 2. The van der Waals surface area contributed by atoms with Gasteiger partial charge < -0.3 is 20.9 Å². The molecule has 2 unspecified atom stereocenters. The smallest absolute Gasteiger partial charge is 0.253 e. The van der Waals surface area contributed by atoms with Crippen LogP contribution in [0, 0.1) is 5.41 Å². The molecular weight excluding hydrogens is 404 g/mol. The number of aromatic amines is 1. The number of H-pyrrole nitrogens is 1. The molecule has 2 amide bonds. The third-order valence-electron chi connectivity index (χ3n) is 6.36. The topological polar surface area (TPSA) is 103 Å². The lowest BCUT2D eigenvalue weighted by Crippen LogP contribution is -2.36. The fraction of sp³-hybridized carbons (Fsp3) is 0.480. The van der Waals surface area contributed by atoms with Crippen molar-refractivity contribution in [1.29, 1.82) is 0 Å². The fourth-order valence-electron chi connectivity index (χ4n) is 4.88. The highest BCUT2D eigenvalue weighted by atomic mass is 16.2. The Morgan fingerprint density at radius 3 is 2.72 bits per heavy atom. The van der Waals surface area contributed by atoms with E-state index in [-0.39, 0.29) is 22.8 Å². The zero-order valence-corrected chi connectivity index (χ0v) is 19.2. The third-order valence-corrected chi connectivity index (χ3v) is 6.36. The molecule has 0 aliphatic carbocycles. The maximum Gasteiger partial charge on any atom is 0.253 e. The van der Waals surface area contributed by atoms with Crippen LogP contribution in [-0.4, -0.2) is 29.4 Å². The number of pyridine rings is 1. The summed E-state index contributed by atoms with van der Waals surface area (Å²) in [7, 11) is 0. The summed E-state index contributed by atoms with van der Waals surface area (Å²) < 4.78 is 0. The van der Waals surface area contributed by atoms with E-state index in [1.54, 1.807) is 6.07 Å². The van der Waals surface area contributed by atoms with E-state index in [0.717, 1.165) is 24.1 Å². The molecule has 1 spiro atoms. The van der Waals surface area contributed by atoms with Crippen LogP contribution in [0.2, 0.25) is 0 Å². The Morgan fingerprint density at radius 2 is 2.00 bits per heavy atom. The first-order valence-electron chi connectivity index (χ1n) is 11.3. The first kappa shape index (κ1) is 22.3. The molecule has 1 aromatic heterocycles. The van der Waals surface area contributed by atoms with E-state index in [9.17, 15) is 14.4 Å². The summed E-state index contributed by atoms with van der Waals surface area (Å²) in [6.07, 6.45) is 4.21. The van der Waals surface area contributed by atoms with Crippen LogP contribution < -0.4 is 21.5 Å². The standard InChI is InChI=1S/C25H32N4O3/c1-5-6-16-18(9-10-26-21(16)30)28-22(31)20-13-25(14-27-20)17-11-15(12-24(2,3)4)7-8-19(17)29-23(25)32/h7-11,20,27H,5-6,12-14H2,1-4H3,(H,29,32)(H2,26,28,30,31). The van der Waals surface area contributed by atoms with E-state index >= 15 is 0 Å². The van der Waals surface area contributed by atoms with Crippen LogP contribution in [0.3, 0.4) is 0 Å². The summed E-state index contributed by atoms with van der Waals surface area (Å²) in [5, 5.41) is 9.17. The van der Waals surface area contributed by atoms with Crippen LogP contribution in [0.1, 0.15) is 57.2 Å². The maximum absolute atomic E-state index is 13.1. The van der Waals surface area contributed by atoms with Gasteiger partial charge in [0.05, 0.1) is 17.1 Å². The summed E-state index contributed by atoms with van der Waals surface area (Å²) in [6.45, 7) is 8.97. The molecule has 2 aliphatic heterocycles. The molecule has 1 saturated heterocycles. The van der Waals surface area contributed by atoms with Crippen molar-refractivity contribution in [2.24, 2.45) is 5.41 Å². The summed E-state index contributed by atoms with van der Waals surface area (Å²) >= 11 is 0. The number of benzene rings is 1. The second-order valence-corrected chi connectivity index (χ2v) is 10.2. The minimum atomic E-state index is -0.758. The molecule has 4 N–H and O–H groups in total. The molecule has 32 heavy (non-hydrogen) atoms. The predicted molar refractivity (Wildman–Crippen MR) is 126 cm³/mol. The second-order valence-electron chi connectivity index (χ2n) is 10.2. The van der Waals surface area contributed by atoms with Crippen molar-refractivity contribution >= 4 is 23.2 Å². The van der Waals surface area contributed by atoms with Crippen LogP contribution >= 0.6 is 0 Å². The molecule has 7 nitrogen and oxygen atoms in total. The van der Waals surface area contributed by atoms with Crippen molar-refractivity contribution in [3.05, 3.63) is 57.5 Å². The Balaban J connectivity index is 1.57. The van der Waals surface area contributed by atoms with E-state index in [0.29, 0.717) is 30.6 Å². The fourth-order valence-corrected chi connectivity index (χ4v) is 4.88. The normalized spacial score (nSPS) is 22.1. The molecule has 170 valence electrons. The molecule has 2 aliphatic rings. The lowest BCUT2D eigenvalue weighted by atomic mass is 9.78. The summed E-state index contributed by atoms with van der Waals surface area (Å²) in [5.41, 5.74) is 3.29. The number of nitrogens with one attached hydrogen (secondary N) is 4. The van der Waals surface area contributed by atoms with Gasteiger partial charge in [0.15, 0.2) is 0 Å². The summed E-state index contributed by atoms with van der Waals surface area (Å²) in [4.78, 5) is 41.0. The zero-order valence-electron chi connectivity index (χ0n) is 19.2. The average Bonchev–Trinajstić information content (AvgIpc) is 3.27. The monoisotopic (exact) mass is 436 g/mol. The van der Waals surface area contributed by atoms with E-state index < -0.39 is 11.5 Å². The SMILES string of the molecule is CCCc1c(NC(=O)C2CC3(CN2)C(=O)Nc2ccc(CC(C)(C)C)cc23)cc[nH]c1=O. The van der Waals surface area contributed by atoms with Gasteiger partial charge in [-0.1, -0.05) is 46.2 Å². The van der Waals surface area contributed by atoms with Crippen molar-refractivity contribution in [2.75, 3.05) is 17.2 Å². The van der Waals surface area contributed by atoms with Gasteiger partial charge in [-0.15, -0.1) is 0 Å². The van der Waals surface area contributed by atoms with Gasteiger partial charge in [-0.3, -0.25) is 14.4 Å². The lowest BCUT2D eigenvalue weighted by Gasteiger charge is -2.23. The van der Waals surface area contributed by atoms with Crippen LogP contribution in [0.25, 0.3) is 0 Å². The first-order valence-corrected chi connectivity index (χ1v) is 11.3. The molecule has 2 aromatic rings. The molecule has 7 heteroatoms. The molecule has 1 aromatic carbocycles. The number of hydrogen-bond acceptors (Lipinski definition) is 4. The number of carbonyl (C=O) groups is 2. The van der Waals surface area contributed by atoms with Crippen molar-refractivity contribution < 1.29 is 9.59 Å². The van der Waals surface area contributed by atoms with Gasteiger partial charge >= 0.3 is 0 Å². The number of rotatable bonds is 5. The molecular formula is C25H32N4O3. The Kier molecular flexibility index (Phi) is 5.71. The van der Waals surface area contributed by atoms with E-state index in [2.05, 4.69) is 53.8 Å². The van der Waals surface area contributed by atoms with E-state index in [1.807, 2.05) is 13.0 Å². The van der Waals surface area contributed by atoms with Crippen molar-refractivity contribution in [2.45, 2.75) is 64.8 Å². The average molecular weight is 437 g/mol. The highest BCUT2D eigenvalue weighted by Gasteiger charge is 2.53. The maximum atomic E-state index is 13.1. The number of anilines is 2. The van der Waals surface area contributed by atoms with Crippen LogP contribution in [0.15, 0.2) is 35.3 Å². The molecule has 0 radical (unpaired) electrons. The molecule has 0 bridgehead atoms. The van der Waals surface area contributed by atoms with Crippen LogP contribution in [-0.2, 0) is 27.8 Å². The van der Waals surface area contributed by atoms with E-state index in [1.165, 1.54) is 11.8 Å². The Labute approximate surface area is 188 Å². The predicted octanol–water partition coefficient (Wildman–Crippen LogP) is 3.11. The Morgan fingerprint density at radius 1 is 1.22 bits per heavy atom. The summed E-state index contributed by atoms with van der Waals surface area (Å²) in [6, 6.07) is 7.36. The molecule has 4 rings (SSSR count). The van der Waals surface area contributed by atoms with Gasteiger partial charge in [0.1, 0.15) is 0 Å². The minimum Gasteiger partial charge on any atom is -0.329 e. The highest BCUT2D eigenvalue weighted by molar-refractivity contribution is 6.08. The van der Waals surface area contributed by atoms with Gasteiger partial charge in [-0.25, -0.2) is 0 Å².